The molecule has 0 heterocycles. The molecular weight excluding hydrogens is 542 g/mol. The number of carbonyl (C=O) groups is 4. The molecule has 2 aromatic rings. The number of phenolic OH excluding ortho intramolecular Hbond substituents is 1. The molecule has 11 heteroatoms. The van der Waals surface area contributed by atoms with Crippen molar-refractivity contribution >= 4 is 28.9 Å². The third-order valence-corrected chi connectivity index (χ3v) is 8.78. The van der Waals surface area contributed by atoms with Gasteiger partial charge in [0.2, 0.25) is 5.78 Å². The number of aliphatic hydroxyl groups is 3. The Bertz CT molecular complexity index is 1640. The molecule has 0 radical (unpaired) electrons. The van der Waals surface area contributed by atoms with Crippen LogP contribution in [0.15, 0.2) is 53.0 Å². The predicted octanol–water partition coefficient (Wildman–Crippen LogP) is 2.06. The van der Waals surface area contributed by atoms with Crippen molar-refractivity contribution in [3.8, 4) is 16.9 Å². The highest BCUT2D eigenvalue weighted by atomic mass is 16.3. The minimum Gasteiger partial charge on any atom is -0.510 e. The number of rotatable bonds is 5. The van der Waals surface area contributed by atoms with Crippen molar-refractivity contribution in [1.82, 2.24) is 4.90 Å². The third kappa shape index (κ3) is 3.95. The quantitative estimate of drug-likeness (QED) is 0.261. The number of carbonyl (C=O) groups excluding carboxylic acids is 4. The van der Waals surface area contributed by atoms with Crippen molar-refractivity contribution in [3.05, 3.63) is 69.7 Å². The molecule has 11 nitrogen and oxygen atoms in total. The van der Waals surface area contributed by atoms with Crippen LogP contribution in [0.4, 0.5) is 5.69 Å². The van der Waals surface area contributed by atoms with Gasteiger partial charge in [-0.05, 0) is 57.0 Å². The van der Waals surface area contributed by atoms with Crippen LogP contribution in [0.25, 0.3) is 11.1 Å². The van der Waals surface area contributed by atoms with Gasteiger partial charge in [0.05, 0.1) is 11.6 Å². The normalized spacial score (nSPS) is 25.3. The molecule has 1 amide bonds. The zero-order valence-corrected chi connectivity index (χ0v) is 23.9. The van der Waals surface area contributed by atoms with Crippen LogP contribution in [-0.4, -0.2) is 88.4 Å². The van der Waals surface area contributed by atoms with Gasteiger partial charge in [-0.1, -0.05) is 24.3 Å². The van der Waals surface area contributed by atoms with E-state index in [2.05, 4.69) is 0 Å². The number of nitrogens with two attached hydrogens (primary N) is 1. The molecule has 2 aromatic carbocycles. The smallest absolute Gasteiger partial charge is 0.255 e. The summed E-state index contributed by atoms with van der Waals surface area (Å²) in [6.07, 6.45) is 0.187. The van der Waals surface area contributed by atoms with Gasteiger partial charge >= 0.3 is 0 Å². The van der Waals surface area contributed by atoms with E-state index in [0.717, 1.165) is 0 Å². The average Bonchev–Trinajstić information content (AvgIpc) is 2.90. The van der Waals surface area contributed by atoms with Crippen molar-refractivity contribution in [1.29, 1.82) is 0 Å². The summed E-state index contributed by atoms with van der Waals surface area (Å²) < 4.78 is 0. The summed E-state index contributed by atoms with van der Waals surface area (Å²) in [5.74, 6) is -7.09. The minimum atomic E-state index is -2.70. The number of nitrogens with zero attached hydrogens (tertiary/aromatic N) is 2. The zero-order chi connectivity index (χ0) is 31.0. The number of aliphatic hydroxyl groups excluding tert-OH is 2. The van der Waals surface area contributed by atoms with Gasteiger partial charge in [-0.3, -0.25) is 24.1 Å². The number of Topliss-reactive ketones (excluding diaryl/α,β-unsaturated/α-hetero) is 3. The van der Waals surface area contributed by atoms with Gasteiger partial charge in [0.25, 0.3) is 5.91 Å². The highest BCUT2D eigenvalue weighted by Crippen LogP contribution is 2.54. The molecule has 0 bridgehead atoms. The summed E-state index contributed by atoms with van der Waals surface area (Å²) in [4.78, 5) is 54.9. The van der Waals surface area contributed by atoms with Crippen LogP contribution in [-0.2, 0) is 16.0 Å². The first-order valence-electron chi connectivity index (χ1n) is 13.4. The largest absolute Gasteiger partial charge is 0.510 e. The van der Waals surface area contributed by atoms with Gasteiger partial charge in [-0.15, -0.1) is 0 Å². The van der Waals surface area contributed by atoms with E-state index in [1.54, 1.807) is 63.4 Å². The van der Waals surface area contributed by atoms with E-state index in [9.17, 15) is 39.6 Å². The van der Waals surface area contributed by atoms with E-state index in [-0.39, 0.29) is 35.5 Å². The maximum Gasteiger partial charge on any atom is 0.255 e. The van der Waals surface area contributed by atoms with Crippen molar-refractivity contribution in [2.45, 2.75) is 31.4 Å². The van der Waals surface area contributed by atoms with Crippen molar-refractivity contribution in [2.75, 3.05) is 33.1 Å². The Kier molecular flexibility index (Phi) is 6.78. The maximum atomic E-state index is 14.2. The number of amides is 1. The fraction of sp³-hybridized carbons (Fsp3) is 0.355. The number of aromatic hydroxyl groups is 1. The minimum absolute atomic E-state index is 0.00759. The maximum absolute atomic E-state index is 14.2. The standard InChI is InChI=1S/C31H33N3O8/c1-13(35)14-6-8-15(9-7-14)17-12-20(33(2)3)18-10-16-11-19-24(34(4)5)27(38)23(30(32)41)29(40)31(19,42)28(39)21(16)26(37)22(18)25(17)36/h6-9,12,16,19,24,36,38-39,42H,10-11H2,1-5H3,(H2,32,41)/t16-,19-,24-,31-/m1/s1. The Morgan fingerprint density at radius 1 is 1.02 bits per heavy atom. The second-order valence-electron chi connectivity index (χ2n) is 11.6. The van der Waals surface area contributed by atoms with E-state index < -0.39 is 58.0 Å². The molecule has 3 aliphatic rings. The number of phenols is 1. The fourth-order valence-electron chi connectivity index (χ4n) is 6.80. The molecular formula is C31H33N3O8. The topological polar surface area (TPSA) is 182 Å². The SMILES string of the molecule is CC(=O)c1ccc(-c2cc(N(C)C)c3c(c2O)C(=O)C2=C(O)[C@@]4(O)C(=O)C(C(N)=O)=C(O)[C@H](N(C)C)[C@H]4C[C@H]2C3)cc1. The number of anilines is 1. The van der Waals surface area contributed by atoms with Gasteiger partial charge in [-0.2, -0.15) is 0 Å². The fourth-order valence-corrected chi connectivity index (χ4v) is 6.80. The lowest BCUT2D eigenvalue weighted by atomic mass is 9.58. The lowest BCUT2D eigenvalue weighted by Gasteiger charge is -2.50. The Labute approximate surface area is 242 Å². The van der Waals surface area contributed by atoms with Gasteiger partial charge in [-0.25, -0.2) is 0 Å². The lowest BCUT2D eigenvalue weighted by Crippen LogP contribution is -2.63. The van der Waals surface area contributed by atoms with Crippen LogP contribution in [0.1, 0.15) is 39.6 Å². The number of likely N-dealkylation sites (N-methyl/N-ethyl adjacent to an activating group) is 1. The highest BCUT2D eigenvalue weighted by molar-refractivity contribution is 6.25. The van der Waals surface area contributed by atoms with E-state index in [4.69, 9.17) is 5.73 Å². The average molecular weight is 576 g/mol. The Morgan fingerprint density at radius 2 is 1.64 bits per heavy atom. The third-order valence-electron chi connectivity index (χ3n) is 8.78. The highest BCUT2D eigenvalue weighted by Gasteiger charge is 2.63. The van der Waals surface area contributed by atoms with Crippen molar-refractivity contribution in [3.63, 3.8) is 0 Å². The second kappa shape index (κ2) is 9.81. The van der Waals surface area contributed by atoms with Crippen LogP contribution in [0, 0.1) is 11.8 Å². The van der Waals surface area contributed by atoms with E-state index in [1.165, 1.54) is 11.8 Å². The number of allylic oxidation sites excluding steroid dienone is 1. The van der Waals surface area contributed by atoms with E-state index in [0.29, 0.717) is 27.9 Å². The molecule has 42 heavy (non-hydrogen) atoms. The number of fused-ring (bicyclic) bond motifs is 3. The van der Waals surface area contributed by atoms with Crippen LogP contribution >= 0.6 is 0 Å². The molecule has 6 N–H and O–H groups in total. The van der Waals surface area contributed by atoms with Crippen LogP contribution in [0.3, 0.4) is 0 Å². The Hall–Kier alpha value is -4.48. The molecule has 5 rings (SSSR count). The Balaban J connectivity index is 1.73. The lowest BCUT2D eigenvalue weighted by molar-refractivity contribution is -0.148. The van der Waals surface area contributed by atoms with Crippen LogP contribution < -0.4 is 10.6 Å². The van der Waals surface area contributed by atoms with Crippen LogP contribution in [0.5, 0.6) is 5.75 Å². The molecule has 220 valence electrons. The number of hydrogen-bond acceptors (Lipinski definition) is 10. The zero-order valence-electron chi connectivity index (χ0n) is 23.9. The number of primary amides is 1. The summed E-state index contributed by atoms with van der Waals surface area (Å²) in [5, 5.41) is 45.7. The first kappa shape index (κ1) is 29.0. The monoisotopic (exact) mass is 575 g/mol. The molecule has 0 aromatic heterocycles. The first-order valence-corrected chi connectivity index (χ1v) is 13.4. The first-order chi connectivity index (χ1) is 19.6. The molecule has 3 aliphatic carbocycles. The van der Waals surface area contributed by atoms with Gasteiger partial charge in [0.1, 0.15) is 22.8 Å². The van der Waals surface area contributed by atoms with Crippen LogP contribution in [0.2, 0.25) is 0 Å². The van der Waals surface area contributed by atoms with Crippen molar-refractivity contribution in [2.24, 2.45) is 17.6 Å². The number of ketones is 3. The molecule has 4 atom stereocenters. The Morgan fingerprint density at radius 3 is 2.17 bits per heavy atom. The number of hydrogen-bond donors (Lipinski definition) is 5. The predicted molar refractivity (Wildman–Crippen MR) is 153 cm³/mol. The van der Waals surface area contributed by atoms with E-state index in [1.807, 2.05) is 0 Å². The summed E-state index contributed by atoms with van der Waals surface area (Å²) in [7, 11) is 6.75. The molecule has 0 saturated carbocycles. The van der Waals surface area contributed by atoms with Gasteiger partial charge in [0, 0.05) is 42.4 Å². The summed E-state index contributed by atoms with van der Waals surface area (Å²) in [5.41, 5.74) is 4.05. The molecule has 0 unspecified atom stereocenters. The van der Waals surface area contributed by atoms with E-state index >= 15 is 0 Å². The number of benzene rings is 2. The molecule has 0 fully saturated rings. The molecule has 0 spiro atoms. The summed E-state index contributed by atoms with van der Waals surface area (Å²) in [6.45, 7) is 1.44. The molecule has 0 aliphatic heterocycles. The molecule has 0 saturated heterocycles. The summed E-state index contributed by atoms with van der Waals surface area (Å²) >= 11 is 0. The van der Waals surface area contributed by atoms with Gasteiger partial charge in [0.15, 0.2) is 17.2 Å². The van der Waals surface area contributed by atoms with Crippen molar-refractivity contribution < 1.29 is 39.6 Å². The van der Waals surface area contributed by atoms with Gasteiger partial charge < -0.3 is 31.1 Å². The second-order valence-corrected chi connectivity index (χ2v) is 11.6. The summed E-state index contributed by atoms with van der Waals surface area (Å²) in [6, 6.07) is 7.24.